The van der Waals surface area contributed by atoms with E-state index >= 15 is 0 Å². The van der Waals surface area contributed by atoms with Crippen LogP contribution in [0.5, 0.6) is 0 Å². The summed E-state index contributed by atoms with van der Waals surface area (Å²) in [5, 5.41) is 0. The van der Waals surface area contributed by atoms with Crippen LogP contribution in [-0.2, 0) is 0 Å². The minimum absolute atomic E-state index is 0.490. The third-order valence-corrected chi connectivity index (χ3v) is 2.83. The van der Waals surface area contributed by atoms with Crippen LogP contribution in [0.15, 0.2) is 6.58 Å². The number of nitrogens with two attached hydrogens (primary N) is 1. The highest BCUT2D eigenvalue weighted by molar-refractivity contribution is 7.73. The van der Waals surface area contributed by atoms with Gasteiger partial charge in [0.05, 0.1) is 4.88 Å². The van der Waals surface area contributed by atoms with Gasteiger partial charge in [0.1, 0.15) is 0 Å². The van der Waals surface area contributed by atoms with Crippen molar-refractivity contribution >= 4 is 29.1 Å². The highest BCUT2D eigenvalue weighted by Gasteiger charge is 2.03. The molecule has 0 aliphatic rings. The van der Waals surface area contributed by atoms with Crippen molar-refractivity contribution < 1.29 is 0 Å². The first kappa shape index (κ1) is 8.64. The predicted molar refractivity (Wildman–Crippen MR) is 52.3 cm³/mol. The zero-order valence-corrected chi connectivity index (χ0v) is 7.94. The molecule has 1 rings (SSSR count). The maximum Gasteiger partial charge on any atom is 0.159 e. The minimum Gasteiger partial charge on any atom is -0.341 e. The molecule has 60 valence electrons. The van der Waals surface area contributed by atoms with E-state index in [9.17, 15) is 0 Å². The van der Waals surface area contributed by atoms with Gasteiger partial charge in [-0.1, -0.05) is 6.58 Å². The van der Waals surface area contributed by atoms with Crippen molar-refractivity contribution in [2.75, 3.05) is 6.54 Å². The molecule has 1 aromatic heterocycles. The van der Waals surface area contributed by atoms with Gasteiger partial charge in [-0.25, -0.2) is 0 Å². The molecule has 0 saturated carbocycles. The van der Waals surface area contributed by atoms with E-state index in [0.717, 1.165) is 20.1 Å². The highest BCUT2D eigenvalue weighted by Crippen LogP contribution is 2.21. The Kier molecular flexibility index (Phi) is 2.59. The fourth-order valence-electron chi connectivity index (χ4n) is 0.835. The normalized spacial score (nSPS) is 10.0. The second kappa shape index (κ2) is 3.30. The zero-order valence-electron chi connectivity index (χ0n) is 6.31. The van der Waals surface area contributed by atoms with E-state index in [1.54, 1.807) is 0 Å². The van der Waals surface area contributed by atoms with Crippen molar-refractivity contribution in [2.45, 2.75) is 6.92 Å². The molecule has 11 heavy (non-hydrogen) atoms. The van der Waals surface area contributed by atoms with Gasteiger partial charge in [-0.3, -0.25) is 0 Å². The van der Waals surface area contributed by atoms with Gasteiger partial charge in [0.2, 0.25) is 0 Å². The minimum atomic E-state index is 0.490. The molecule has 0 amide bonds. The first-order chi connectivity index (χ1) is 5.15. The Morgan fingerprint density at radius 1 is 1.82 bits per heavy atom. The van der Waals surface area contributed by atoms with Gasteiger partial charge < -0.3 is 10.7 Å². The predicted octanol–water partition coefficient (Wildman–Crippen LogP) is 2.09. The van der Waals surface area contributed by atoms with Gasteiger partial charge in [0.15, 0.2) is 3.95 Å². The molecule has 0 atom stereocenters. The summed E-state index contributed by atoms with van der Waals surface area (Å²) >= 11 is 6.50. The third-order valence-electron chi connectivity index (χ3n) is 1.39. The number of hydrogen-bond donors (Lipinski definition) is 2. The van der Waals surface area contributed by atoms with Crippen LogP contribution in [0, 0.1) is 10.9 Å². The Bertz CT molecular complexity index is 321. The van der Waals surface area contributed by atoms with E-state index in [1.807, 2.05) is 6.92 Å². The summed E-state index contributed by atoms with van der Waals surface area (Å²) in [5.41, 5.74) is 7.45. The average Bonchev–Trinajstić information content (AvgIpc) is 2.28. The molecular formula is C7H10N2S2. The van der Waals surface area contributed by atoms with Crippen molar-refractivity contribution in [3.63, 3.8) is 0 Å². The van der Waals surface area contributed by atoms with Crippen molar-refractivity contribution in [2.24, 2.45) is 5.73 Å². The van der Waals surface area contributed by atoms with E-state index in [4.69, 9.17) is 18.0 Å². The van der Waals surface area contributed by atoms with E-state index in [2.05, 4.69) is 11.6 Å². The lowest BCUT2D eigenvalue weighted by Gasteiger charge is -1.97. The number of hydrogen-bond acceptors (Lipinski definition) is 3. The van der Waals surface area contributed by atoms with Gasteiger partial charge >= 0.3 is 0 Å². The van der Waals surface area contributed by atoms with Crippen molar-refractivity contribution in [1.29, 1.82) is 0 Å². The second-order valence-corrected chi connectivity index (χ2v) is 3.96. The number of nitrogens with one attached hydrogen (secondary N) is 1. The van der Waals surface area contributed by atoms with E-state index < -0.39 is 0 Å². The number of aromatic nitrogens is 1. The summed E-state index contributed by atoms with van der Waals surface area (Å²) in [4.78, 5) is 4.13. The molecule has 0 radical (unpaired) electrons. The molecule has 3 N–H and O–H groups in total. The molecule has 1 heterocycles. The molecule has 2 nitrogen and oxygen atoms in total. The number of H-pyrrole nitrogens is 1. The largest absolute Gasteiger partial charge is 0.341 e. The number of aromatic amines is 1. The topological polar surface area (TPSA) is 41.8 Å². The van der Waals surface area contributed by atoms with Crippen molar-refractivity contribution in [1.82, 2.24) is 4.98 Å². The first-order valence-electron chi connectivity index (χ1n) is 3.23. The fraction of sp³-hybridized carbons (Fsp3) is 0.286. The monoisotopic (exact) mass is 186 g/mol. The average molecular weight is 186 g/mol. The molecule has 0 aliphatic heterocycles. The molecule has 0 aromatic carbocycles. The Morgan fingerprint density at radius 3 is 2.82 bits per heavy atom. The van der Waals surface area contributed by atoms with Crippen LogP contribution in [-0.4, -0.2) is 11.5 Å². The van der Waals surface area contributed by atoms with Crippen LogP contribution >= 0.6 is 23.6 Å². The molecule has 0 bridgehead atoms. The van der Waals surface area contributed by atoms with Crippen LogP contribution in [0.25, 0.3) is 5.57 Å². The molecule has 0 unspecified atom stereocenters. The standard InChI is InChI=1S/C7H10N2S2/c1-4(3-8)6-5(2)9-7(10)11-6/h1,3,8H2,2H3,(H,9,10). The smallest absolute Gasteiger partial charge is 0.159 e. The molecule has 0 spiro atoms. The number of rotatable bonds is 2. The van der Waals surface area contributed by atoms with Gasteiger partial charge in [-0.15, -0.1) is 11.3 Å². The third kappa shape index (κ3) is 1.77. The second-order valence-electron chi connectivity index (χ2n) is 2.28. The molecule has 1 aromatic rings. The van der Waals surface area contributed by atoms with Crippen LogP contribution in [0.1, 0.15) is 10.6 Å². The maximum absolute atomic E-state index is 5.44. The van der Waals surface area contributed by atoms with Gasteiger partial charge in [-0.05, 0) is 24.7 Å². The molecule has 0 saturated heterocycles. The van der Waals surface area contributed by atoms with Crippen molar-refractivity contribution in [3.05, 3.63) is 21.1 Å². The fourth-order valence-corrected chi connectivity index (χ4v) is 2.06. The SMILES string of the molecule is C=C(CN)c1sc(=S)[nH]c1C. The lowest BCUT2D eigenvalue weighted by Crippen LogP contribution is -2.00. The first-order valence-corrected chi connectivity index (χ1v) is 4.45. The Balaban J connectivity index is 3.13. The Labute approximate surface area is 74.8 Å². The van der Waals surface area contributed by atoms with E-state index in [1.165, 1.54) is 11.3 Å². The highest BCUT2D eigenvalue weighted by atomic mass is 32.1. The lowest BCUT2D eigenvalue weighted by molar-refractivity contribution is 1.21. The van der Waals surface area contributed by atoms with Crippen molar-refractivity contribution in [3.8, 4) is 0 Å². The van der Waals surface area contributed by atoms with E-state index in [0.29, 0.717) is 6.54 Å². The Morgan fingerprint density at radius 2 is 2.45 bits per heavy atom. The van der Waals surface area contributed by atoms with Gasteiger partial charge in [0, 0.05) is 12.2 Å². The van der Waals surface area contributed by atoms with E-state index in [-0.39, 0.29) is 0 Å². The zero-order chi connectivity index (χ0) is 8.43. The quantitative estimate of drug-likeness (QED) is 0.694. The van der Waals surface area contributed by atoms with Gasteiger partial charge in [0.25, 0.3) is 0 Å². The molecule has 4 heteroatoms. The summed E-state index contributed by atoms with van der Waals surface area (Å²) < 4.78 is 0.784. The van der Waals surface area contributed by atoms with Crippen LogP contribution in [0.3, 0.4) is 0 Å². The molecule has 0 aliphatic carbocycles. The molecular weight excluding hydrogens is 176 g/mol. The summed E-state index contributed by atoms with van der Waals surface area (Å²) in [6, 6.07) is 0. The van der Waals surface area contributed by atoms with Crippen LogP contribution < -0.4 is 5.73 Å². The lowest BCUT2D eigenvalue weighted by atomic mass is 10.2. The summed E-state index contributed by atoms with van der Waals surface area (Å²) in [5.74, 6) is 0. The number of thiazole rings is 1. The van der Waals surface area contributed by atoms with Crippen LogP contribution in [0.2, 0.25) is 0 Å². The maximum atomic E-state index is 5.44. The summed E-state index contributed by atoms with van der Waals surface area (Å²) in [6.45, 7) is 6.30. The van der Waals surface area contributed by atoms with Crippen LogP contribution in [0.4, 0.5) is 0 Å². The van der Waals surface area contributed by atoms with Gasteiger partial charge in [-0.2, -0.15) is 0 Å². The Hall–Kier alpha value is -0.450. The number of aryl methyl sites for hydroxylation is 1. The molecule has 0 fully saturated rings. The summed E-state index contributed by atoms with van der Waals surface area (Å²) in [6.07, 6.45) is 0. The summed E-state index contributed by atoms with van der Waals surface area (Å²) in [7, 11) is 0.